The van der Waals surface area contributed by atoms with E-state index < -0.39 is 0 Å². The molecule has 1 aromatic rings. The van der Waals surface area contributed by atoms with Crippen molar-refractivity contribution in [2.45, 2.75) is 26.3 Å². The lowest BCUT2D eigenvalue weighted by Crippen LogP contribution is -2.34. The van der Waals surface area contributed by atoms with Gasteiger partial charge in [-0.2, -0.15) is 0 Å². The van der Waals surface area contributed by atoms with Gasteiger partial charge in [0, 0.05) is 25.3 Å². The first kappa shape index (κ1) is 13.5. The number of nitrogens with one attached hydrogen (secondary N) is 1. The summed E-state index contributed by atoms with van der Waals surface area (Å²) in [4.78, 5) is 13.5. The van der Waals surface area contributed by atoms with Crippen LogP contribution in [0.25, 0.3) is 0 Å². The minimum Gasteiger partial charge on any atom is -0.328 e. The van der Waals surface area contributed by atoms with Gasteiger partial charge < -0.3 is 16.0 Å². The average molecular weight is 235 g/mol. The van der Waals surface area contributed by atoms with Crippen molar-refractivity contribution >= 4 is 11.7 Å². The Morgan fingerprint density at radius 2 is 2.24 bits per heavy atom. The Morgan fingerprint density at radius 1 is 1.53 bits per heavy atom. The molecule has 0 saturated heterocycles. The maximum Gasteiger partial charge on any atom is 0.321 e. The maximum atomic E-state index is 11.8. The molecule has 0 aromatic heterocycles. The number of urea groups is 1. The molecule has 0 aliphatic rings. The second-order valence-corrected chi connectivity index (χ2v) is 4.49. The molecular formula is C13H21N3O. The van der Waals surface area contributed by atoms with Crippen molar-refractivity contribution in [2.24, 2.45) is 5.73 Å². The zero-order chi connectivity index (χ0) is 12.8. The van der Waals surface area contributed by atoms with Gasteiger partial charge in [0.1, 0.15) is 0 Å². The van der Waals surface area contributed by atoms with Crippen molar-refractivity contribution in [1.82, 2.24) is 4.90 Å². The SMILES string of the molecule is Cc1cccc(NC(=O)N(C)CCC(C)N)c1. The molecule has 4 heteroatoms. The first-order valence-corrected chi connectivity index (χ1v) is 5.83. The number of hydrogen-bond donors (Lipinski definition) is 2. The molecule has 1 atom stereocenters. The van der Waals surface area contributed by atoms with Crippen molar-refractivity contribution in [1.29, 1.82) is 0 Å². The van der Waals surface area contributed by atoms with Crippen LogP contribution >= 0.6 is 0 Å². The maximum absolute atomic E-state index is 11.8. The molecule has 1 aromatic carbocycles. The predicted molar refractivity (Wildman–Crippen MR) is 71.1 cm³/mol. The Balaban J connectivity index is 2.48. The number of nitrogens with zero attached hydrogens (tertiary/aromatic N) is 1. The first-order chi connectivity index (χ1) is 7.99. The highest BCUT2D eigenvalue weighted by Gasteiger charge is 2.09. The van der Waals surface area contributed by atoms with E-state index in [1.807, 2.05) is 38.1 Å². The van der Waals surface area contributed by atoms with Gasteiger partial charge in [-0.15, -0.1) is 0 Å². The van der Waals surface area contributed by atoms with Gasteiger partial charge in [-0.3, -0.25) is 0 Å². The lowest BCUT2D eigenvalue weighted by molar-refractivity contribution is 0.221. The summed E-state index contributed by atoms with van der Waals surface area (Å²) in [6.07, 6.45) is 0.803. The minimum absolute atomic E-state index is 0.101. The molecule has 0 radical (unpaired) electrons. The van der Waals surface area contributed by atoms with Crippen molar-refractivity contribution < 1.29 is 4.79 Å². The van der Waals surface area contributed by atoms with E-state index in [0.717, 1.165) is 17.7 Å². The van der Waals surface area contributed by atoms with Crippen molar-refractivity contribution in [3.63, 3.8) is 0 Å². The number of carbonyl (C=O) groups excluding carboxylic acids is 1. The molecule has 17 heavy (non-hydrogen) atoms. The Bertz CT molecular complexity index is 377. The molecule has 0 heterocycles. The third kappa shape index (κ3) is 4.87. The number of rotatable bonds is 4. The van der Waals surface area contributed by atoms with Crippen molar-refractivity contribution in [3.05, 3.63) is 29.8 Å². The van der Waals surface area contributed by atoms with Crippen LogP contribution in [0.3, 0.4) is 0 Å². The quantitative estimate of drug-likeness (QED) is 0.840. The molecule has 0 fully saturated rings. The molecule has 2 amide bonds. The summed E-state index contributed by atoms with van der Waals surface area (Å²) < 4.78 is 0. The van der Waals surface area contributed by atoms with E-state index >= 15 is 0 Å². The van der Waals surface area contributed by atoms with E-state index in [9.17, 15) is 4.79 Å². The molecule has 1 unspecified atom stereocenters. The summed E-state index contributed by atoms with van der Waals surface area (Å²) in [5, 5.41) is 2.85. The largest absolute Gasteiger partial charge is 0.328 e. The van der Waals surface area contributed by atoms with E-state index in [0.29, 0.717) is 6.54 Å². The monoisotopic (exact) mass is 235 g/mol. The molecular weight excluding hydrogens is 214 g/mol. The number of hydrogen-bond acceptors (Lipinski definition) is 2. The Kier molecular flexibility index (Phi) is 4.97. The van der Waals surface area contributed by atoms with Gasteiger partial charge in [-0.1, -0.05) is 12.1 Å². The third-order valence-electron chi connectivity index (χ3n) is 2.54. The number of carbonyl (C=O) groups is 1. The van der Waals surface area contributed by atoms with Gasteiger partial charge in [-0.05, 0) is 38.0 Å². The van der Waals surface area contributed by atoms with E-state index in [4.69, 9.17) is 5.73 Å². The Labute approximate surface area is 103 Å². The van der Waals surface area contributed by atoms with Gasteiger partial charge in [0.2, 0.25) is 0 Å². The fraction of sp³-hybridized carbons (Fsp3) is 0.462. The van der Waals surface area contributed by atoms with Gasteiger partial charge in [-0.25, -0.2) is 4.79 Å². The highest BCUT2D eigenvalue weighted by atomic mass is 16.2. The van der Waals surface area contributed by atoms with Crippen LogP contribution in [0.2, 0.25) is 0 Å². The second kappa shape index (κ2) is 6.25. The summed E-state index contributed by atoms with van der Waals surface area (Å²) in [6.45, 7) is 4.59. The molecule has 3 N–H and O–H groups in total. The number of benzene rings is 1. The van der Waals surface area contributed by atoms with E-state index in [1.54, 1.807) is 11.9 Å². The lowest BCUT2D eigenvalue weighted by Gasteiger charge is -2.19. The Hall–Kier alpha value is -1.55. The molecule has 0 bridgehead atoms. The molecule has 0 aliphatic heterocycles. The van der Waals surface area contributed by atoms with Crippen molar-refractivity contribution in [2.75, 3.05) is 18.9 Å². The number of anilines is 1. The molecule has 0 spiro atoms. The number of nitrogens with two attached hydrogens (primary N) is 1. The first-order valence-electron chi connectivity index (χ1n) is 5.83. The highest BCUT2D eigenvalue weighted by Crippen LogP contribution is 2.10. The van der Waals surface area contributed by atoms with E-state index in [1.165, 1.54) is 0 Å². The van der Waals surface area contributed by atoms with E-state index in [-0.39, 0.29) is 12.1 Å². The minimum atomic E-state index is -0.101. The average Bonchev–Trinajstić information content (AvgIpc) is 2.25. The van der Waals surface area contributed by atoms with Crippen LogP contribution in [0.1, 0.15) is 18.9 Å². The van der Waals surface area contributed by atoms with Crippen LogP contribution in [0.15, 0.2) is 24.3 Å². The second-order valence-electron chi connectivity index (χ2n) is 4.49. The van der Waals surface area contributed by atoms with Gasteiger partial charge in [0.15, 0.2) is 0 Å². The molecule has 94 valence electrons. The molecule has 0 aliphatic carbocycles. The van der Waals surface area contributed by atoms with Crippen molar-refractivity contribution in [3.8, 4) is 0 Å². The zero-order valence-corrected chi connectivity index (χ0v) is 10.7. The standard InChI is InChI=1S/C13H21N3O/c1-10-5-4-6-12(9-10)15-13(17)16(3)8-7-11(2)14/h4-6,9,11H,7-8,14H2,1-3H3,(H,15,17). The van der Waals surface area contributed by atoms with Crippen LogP contribution in [-0.2, 0) is 0 Å². The van der Waals surface area contributed by atoms with Crippen LogP contribution in [-0.4, -0.2) is 30.6 Å². The molecule has 4 nitrogen and oxygen atoms in total. The number of aryl methyl sites for hydroxylation is 1. The van der Waals surface area contributed by atoms with Gasteiger partial charge in [0.05, 0.1) is 0 Å². The summed E-state index contributed by atoms with van der Waals surface area (Å²) in [5.74, 6) is 0. The van der Waals surface area contributed by atoms with Gasteiger partial charge >= 0.3 is 6.03 Å². The fourth-order valence-corrected chi connectivity index (χ4v) is 1.44. The highest BCUT2D eigenvalue weighted by molar-refractivity contribution is 5.89. The van der Waals surface area contributed by atoms with Crippen LogP contribution in [0, 0.1) is 6.92 Å². The smallest absolute Gasteiger partial charge is 0.321 e. The molecule has 1 rings (SSSR count). The van der Waals surface area contributed by atoms with Crippen LogP contribution in [0.4, 0.5) is 10.5 Å². The summed E-state index contributed by atoms with van der Waals surface area (Å²) in [7, 11) is 1.77. The van der Waals surface area contributed by atoms with E-state index in [2.05, 4.69) is 5.32 Å². The Morgan fingerprint density at radius 3 is 2.82 bits per heavy atom. The molecule has 0 saturated carbocycles. The lowest BCUT2D eigenvalue weighted by atomic mass is 10.2. The fourth-order valence-electron chi connectivity index (χ4n) is 1.44. The summed E-state index contributed by atoms with van der Waals surface area (Å²) >= 11 is 0. The summed E-state index contributed by atoms with van der Waals surface area (Å²) in [6, 6.07) is 7.75. The summed E-state index contributed by atoms with van der Waals surface area (Å²) in [5.41, 5.74) is 7.60. The van der Waals surface area contributed by atoms with Crippen LogP contribution < -0.4 is 11.1 Å². The predicted octanol–water partition coefficient (Wildman–Crippen LogP) is 2.20. The zero-order valence-electron chi connectivity index (χ0n) is 10.7. The number of amides is 2. The van der Waals surface area contributed by atoms with Gasteiger partial charge in [0.25, 0.3) is 0 Å². The topological polar surface area (TPSA) is 58.4 Å². The van der Waals surface area contributed by atoms with Crippen LogP contribution in [0.5, 0.6) is 0 Å². The third-order valence-corrected chi connectivity index (χ3v) is 2.54. The normalized spacial score (nSPS) is 12.0.